The topological polar surface area (TPSA) is 77.0 Å². The number of hydrogen-bond donors (Lipinski definition) is 2. The minimum Gasteiger partial charge on any atom is -0.394 e. The third kappa shape index (κ3) is 1.60. The minimum absolute atomic E-state index is 0.108. The predicted molar refractivity (Wildman–Crippen MR) is 57.2 cm³/mol. The Balaban J connectivity index is 2.63. The smallest absolute Gasteiger partial charge is 0.160 e. The number of aryl methyl sites for hydroxylation is 1. The number of imidazole rings is 1. The average molecular weight is 206 g/mol. The van der Waals surface area contributed by atoms with Gasteiger partial charge in [-0.15, -0.1) is 0 Å². The summed E-state index contributed by atoms with van der Waals surface area (Å²) in [6, 6.07) is 3.28. The first kappa shape index (κ1) is 10.1. The molecule has 1 unspecified atom stereocenters. The van der Waals surface area contributed by atoms with Crippen LogP contribution in [0, 0.1) is 0 Å². The molecular formula is C10H14N4O. The third-order valence-electron chi connectivity index (χ3n) is 2.38. The molecule has 80 valence electrons. The highest BCUT2D eigenvalue weighted by molar-refractivity contribution is 5.71. The van der Waals surface area contributed by atoms with Crippen molar-refractivity contribution in [3.8, 4) is 0 Å². The van der Waals surface area contributed by atoms with Crippen molar-refractivity contribution in [2.24, 2.45) is 5.73 Å². The molecule has 0 aliphatic rings. The number of aliphatic hydroxyl groups is 1. The van der Waals surface area contributed by atoms with E-state index in [0.29, 0.717) is 5.82 Å². The maximum absolute atomic E-state index is 9.03. The minimum atomic E-state index is -0.445. The summed E-state index contributed by atoms with van der Waals surface area (Å²) >= 11 is 0. The zero-order chi connectivity index (χ0) is 10.8. The molecular weight excluding hydrogens is 192 g/mol. The van der Waals surface area contributed by atoms with Crippen LogP contribution in [0.4, 0.5) is 0 Å². The molecule has 0 saturated carbocycles. The van der Waals surface area contributed by atoms with Crippen LogP contribution in [-0.2, 0) is 6.54 Å². The van der Waals surface area contributed by atoms with E-state index >= 15 is 0 Å². The first-order valence-electron chi connectivity index (χ1n) is 4.95. The molecule has 1 atom stereocenters. The van der Waals surface area contributed by atoms with Crippen LogP contribution in [0.25, 0.3) is 11.2 Å². The highest BCUT2D eigenvalue weighted by Crippen LogP contribution is 2.17. The highest BCUT2D eigenvalue weighted by Gasteiger charge is 2.15. The van der Waals surface area contributed by atoms with E-state index < -0.39 is 6.04 Å². The molecule has 0 aliphatic heterocycles. The number of hydrogen-bond acceptors (Lipinski definition) is 4. The summed E-state index contributed by atoms with van der Waals surface area (Å²) in [7, 11) is 0. The summed E-state index contributed by atoms with van der Waals surface area (Å²) < 4.78 is 1.93. The second kappa shape index (κ2) is 3.96. The molecule has 3 N–H and O–H groups in total. The van der Waals surface area contributed by atoms with Crippen molar-refractivity contribution in [1.29, 1.82) is 0 Å². The average Bonchev–Trinajstić information content (AvgIpc) is 2.66. The molecule has 2 rings (SSSR count). The fourth-order valence-corrected chi connectivity index (χ4v) is 1.65. The Hall–Kier alpha value is -1.46. The number of rotatable bonds is 3. The van der Waals surface area contributed by atoms with Gasteiger partial charge in [0.2, 0.25) is 0 Å². The Morgan fingerprint density at radius 2 is 2.40 bits per heavy atom. The first-order valence-corrected chi connectivity index (χ1v) is 4.95. The molecule has 0 aromatic carbocycles. The van der Waals surface area contributed by atoms with Gasteiger partial charge in [0.25, 0.3) is 0 Å². The Labute approximate surface area is 87.6 Å². The van der Waals surface area contributed by atoms with Gasteiger partial charge in [-0.1, -0.05) is 0 Å². The van der Waals surface area contributed by atoms with Gasteiger partial charge in [-0.3, -0.25) is 0 Å². The maximum atomic E-state index is 9.03. The summed E-state index contributed by atoms with van der Waals surface area (Å²) in [6.07, 6.45) is 1.73. The fourth-order valence-electron chi connectivity index (χ4n) is 1.65. The van der Waals surface area contributed by atoms with E-state index in [1.54, 1.807) is 6.20 Å². The molecule has 15 heavy (non-hydrogen) atoms. The third-order valence-corrected chi connectivity index (χ3v) is 2.38. The molecule has 5 nitrogen and oxygen atoms in total. The van der Waals surface area contributed by atoms with Gasteiger partial charge in [0, 0.05) is 12.7 Å². The molecule has 0 spiro atoms. The van der Waals surface area contributed by atoms with Crippen LogP contribution >= 0.6 is 0 Å². The van der Waals surface area contributed by atoms with Gasteiger partial charge >= 0.3 is 0 Å². The fraction of sp³-hybridized carbons (Fsp3) is 0.400. The van der Waals surface area contributed by atoms with E-state index in [-0.39, 0.29) is 6.61 Å². The molecule has 0 amide bonds. The Morgan fingerprint density at radius 3 is 3.07 bits per heavy atom. The number of aromatic nitrogens is 3. The Kier molecular flexibility index (Phi) is 2.66. The van der Waals surface area contributed by atoms with Crippen molar-refractivity contribution in [2.45, 2.75) is 19.5 Å². The summed E-state index contributed by atoms with van der Waals surface area (Å²) in [5, 5.41) is 9.03. The second-order valence-corrected chi connectivity index (χ2v) is 3.35. The van der Waals surface area contributed by atoms with Gasteiger partial charge < -0.3 is 15.4 Å². The zero-order valence-corrected chi connectivity index (χ0v) is 8.59. The van der Waals surface area contributed by atoms with Gasteiger partial charge in [0.15, 0.2) is 5.65 Å². The van der Waals surface area contributed by atoms with Gasteiger partial charge in [0.05, 0.1) is 12.6 Å². The van der Waals surface area contributed by atoms with Crippen molar-refractivity contribution >= 4 is 11.2 Å². The van der Waals surface area contributed by atoms with E-state index in [2.05, 4.69) is 9.97 Å². The van der Waals surface area contributed by atoms with E-state index in [4.69, 9.17) is 10.8 Å². The molecule has 0 saturated heterocycles. The van der Waals surface area contributed by atoms with Gasteiger partial charge in [-0.05, 0) is 19.1 Å². The lowest BCUT2D eigenvalue weighted by Crippen LogP contribution is -2.19. The molecule has 2 aromatic heterocycles. The number of nitrogens with two attached hydrogens (primary N) is 1. The van der Waals surface area contributed by atoms with E-state index in [1.807, 2.05) is 23.6 Å². The summed E-state index contributed by atoms with van der Waals surface area (Å²) in [4.78, 5) is 8.62. The van der Waals surface area contributed by atoms with Crippen LogP contribution < -0.4 is 5.73 Å². The predicted octanol–water partition coefficient (Wildman–Crippen LogP) is 0.443. The van der Waals surface area contributed by atoms with Crippen LogP contribution in [0.1, 0.15) is 18.8 Å². The Morgan fingerprint density at radius 1 is 1.60 bits per heavy atom. The number of aliphatic hydroxyl groups excluding tert-OH is 1. The number of fused-ring (bicyclic) bond motifs is 1. The zero-order valence-electron chi connectivity index (χ0n) is 8.59. The SMILES string of the molecule is CCn1c(C(N)CO)nc2cccnc21. The molecule has 0 bridgehead atoms. The molecule has 2 heterocycles. The van der Waals surface area contributed by atoms with Crippen molar-refractivity contribution in [3.63, 3.8) is 0 Å². The maximum Gasteiger partial charge on any atom is 0.160 e. The molecule has 0 radical (unpaired) electrons. The van der Waals surface area contributed by atoms with Crippen LogP contribution in [0.3, 0.4) is 0 Å². The number of pyridine rings is 1. The van der Waals surface area contributed by atoms with Gasteiger partial charge in [-0.2, -0.15) is 0 Å². The van der Waals surface area contributed by atoms with E-state index in [0.717, 1.165) is 17.7 Å². The van der Waals surface area contributed by atoms with Crippen LogP contribution in [0.5, 0.6) is 0 Å². The standard InChI is InChI=1S/C10H14N4O/c1-2-14-9(7(11)6-15)13-8-4-3-5-12-10(8)14/h3-5,7,15H,2,6,11H2,1H3. The van der Waals surface area contributed by atoms with Crippen LogP contribution in [-0.4, -0.2) is 26.2 Å². The highest BCUT2D eigenvalue weighted by atomic mass is 16.3. The van der Waals surface area contributed by atoms with Crippen molar-refractivity contribution in [1.82, 2.24) is 14.5 Å². The number of nitrogens with zero attached hydrogens (tertiary/aromatic N) is 3. The van der Waals surface area contributed by atoms with Crippen molar-refractivity contribution < 1.29 is 5.11 Å². The summed E-state index contributed by atoms with van der Waals surface area (Å²) in [5.74, 6) is 0.689. The van der Waals surface area contributed by atoms with Gasteiger partial charge in [-0.25, -0.2) is 9.97 Å². The quantitative estimate of drug-likeness (QED) is 0.764. The largest absolute Gasteiger partial charge is 0.394 e. The van der Waals surface area contributed by atoms with Crippen molar-refractivity contribution in [2.75, 3.05) is 6.61 Å². The molecule has 0 fully saturated rings. The first-order chi connectivity index (χ1) is 7.27. The van der Waals surface area contributed by atoms with Gasteiger partial charge in [0.1, 0.15) is 11.3 Å². The van der Waals surface area contributed by atoms with E-state index in [1.165, 1.54) is 0 Å². The molecule has 2 aromatic rings. The van der Waals surface area contributed by atoms with Crippen molar-refractivity contribution in [3.05, 3.63) is 24.2 Å². The van der Waals surface area contributed by atoms with E-state index in [9.17, 15) is 0 Å². The lowest BCUT2D eigenvalue weighted by molar-refractivity contribution is 0.261. The monoisotopic (exact) mass is 206 g/mol. The lowest BCUT2D eigenvalue weighted by atomic mass is 10.3. The summed E-state index contributed by atoms with van der Waals surface area (Å²) in [5.41, 5.74) is 7.41. The Bertz CT molecular complexity index is 465. The lowest BCUT2D eigenvalue weighted by Gasteiger charge is -2.09. The summed E-state index contributed by atoms with van der Waals surface area (Å²) in [6.45, 7) is 2.64. The van der Waals surface area contributed by atoms with Crippen LogP contribution in [0.2, 0.25) is 0 Å². The molecule has 5 heteroatoms. The van der Waals surface area contributed by atoms with Crippen LogP contribution in [0.15, 0.2) is 18.3 Å². The normalized spacial score (nSPS) is 13.3. The second-order valence-electron chi connectivity index (χ2n) is 3.35. The molecule has 0 aliphatic carbocycles.